The zero-order valence-electron chi connectivity index (χ0n) is 9.21. The summed E-state index contributed by atoms with van der Waals surface area (Å²) in [7, 11) is 0. The van der Waals surface area contributed by atoms with Gasteiger partial charge in [0, 0.05) is 13.8 Å². The summed E-state index contributed by atoms with van der Waals surface area (Å²) in [5.41, 5.74) is 0. The van der Waals surface area contributed by atoms with Crippen LogP contribution in [0.4, 0.5) is 0 Å². The lowest BCUT2D eigenvalue weighted by Gasteiger charge is -1.96. The van der Waals surface area contributed by atoms with Crippen LogP contribution in [0.15, 0.2) is 13.2 Å². The predicted octanol–water partition coefficient (Wildman–Crippen LogP) is 2.24. The van der Waals surface area contributed by atoms with Crippen LogP contribution < -0.4 is 0 Å². The number of hydrogen-bond acceptors (Lipinski definition) is 3. The van der Waals surface area contributed by atoms with Gasteiger partial charge in [-0.1, -0.05) is 13.3 Å². The van der Waals surface area contributed by atoms with Crippen molar-refractivity contribution in [3.63, 3.8) is 0 Å². The van der Waals surface area contributed by atoms with E-state index in [0.717, 1.165) is 19.8 Å². The molecule has 0 unspecified atom stereocenters. The Balaban J connectivity index is -0.000000170. The van der Waals surface area contributed by atoms with Crippen LogP contribution >= 0.6 is 0 Å². The monoisotopic (exact) mass is 204 g/mol. The fourth-order valence-corrected chi connectivity index (χ4v) is 0.360. The van der Waals surface area contributed by atoms with Gasteiger partial charge in [-0.3, -0.25) is 9.59 Å². The van der Waals surface area contributed by atoms with Crippen molar-refractivity contribution in [3.05, 3.63) is 13.2 Å². The summed E-state index contributed by atoms with van der Waals surface area (Å²) in [6, 6.07) is 0. The summed E-state index contributed by atoms with van der Waals surface area (Å²) in [6.07, 6.45) is 2.05. The number of aliphatic carboxylic acids is 1. The normalized spacial score (nSPS) is 7.07. The summed E-state index contributed by atoms with van der Waals surface area (Å²) >= 11 is 0. The average Bonchev–Trinajstić information content (AvgIpc) is 2.07. The Morgan fingerprint density at radius 3 is 1.86 bits per heavy atom. The quantitative estimate of drug-likeness (QED) is 0.435. The first-order valence-electron chi connectivity index (χ1n) is 4.33. The molecule has 4 heteroatoms. The van der Waals surface area contributed by atoms with Crippen LogP contribution in [0.2, 0.25) is 0 Å². The molecule has 0 aliphatic rings. The summed E-state index contributed by atoms with van der Waals surface area (Å²) in [4.78, 5) is 19.1. The molecule has 1 N–H and O–H groups in total. The van der Waals surface area contributed by atoms with Gasteiger partial charge in [0.1, 0.15) is 0 Å². The van der Waals surface area contributed by atoms with Crippen molar-refractivity contribution < 1.29 is 19.4 Å². The molecule has 0 radical (unpaired) electrons. The highest BCUT2D eigenvalue weighted by molar-refractivity contribution is 5.65. The van der Waals surface area contributed by atoms with Crippen molar-refractivity contribution in [2.45, 2.75) is 33.6 Å². The predicted molar refractivity (Wildman–Crippen MR) is 56.1 cm³/mol. The molecule has 4 nitrogen and oxygen atoms in total. The molecule has 0 saturated carbocycles. The van der Waals surface area contributed by atoms with Gasteiger partial charge in [0.2, 0.25) is 0 Å². The molecular weight excluding hydrogens is 184 g/mol. The van der Waals surface area contributed by atoms with Crippen molar-refractivity contribution in [1.82, 2.24) is 0 Å². The van der Waals surface area contributed by atoms with E-state index in [9.17, 15) is 4.79 Å². The van der Waals surface area contributed by atoms with Gasteiger partial charge in [0.15, 0.2) is 0 Å². The first kappa shape index (κ1) is 18.5. The Morgan fingerprint density at radius 2 is 1.64 bits per heavy atom. The number of unbranched alkanes of at least 4 members (excludes halogenated alkanes) is 1. The topological polar surface area (TPSA) is 63.6 Å². The highest BCUT2D eigenvalue weighted by atomic mass is 16.5. The number of esters is 1. The van der Waals surface area contributed by atoms with Crippen molar-refractivity contribution in [1.29, 1.82) is 0 Å². The molecule has 0 aromatic carbocycles. The van der Waals surface area contributed by atoms with E-state index in [1.807, 2.05) is 0 Å². The molecule has 0 aliphatic carbocycles. The van der Waals surface area contributed by atoms with Gasteiger partial charge in [0.25, 0.3) is 5.97 Å². The number of ether oxygens (including phenoxy) is 1. The fourth-order valence-electron chi connectivity index (χ4n) is 0.360. The maximum Gasteiger partial charge on any atom is 0.302 e. The molecule has 0 aromatic rings. The summed E-state index contributed by atoms with van der Waals surface area (Å²) < 4.78 is 4.64. The molecule has 14 heavy (non-hydrogen) atoms. The molecule has 0 saturated heterocycles. The smallest absolute Gasteiger partial charge is 0.302 e. The van der Waals surface area contributed by atoms with E-state index < -0.39 is 5.97 Å². The first-order chi connectivity index (χ1) is 6.50. The maximum absolute atomic E-state index is 10.1. The lowest BCUT2D eigenvalue weighted by Crippen LogP contribution is -1.99. The second-order valence-electron chi connectivity index (χ2n) is 2.21. The highest BCUT2D eigenvalue weighted by Gasteiger charge is 1.88. The number of carboxylic acid groups (broad SMARTS) is 1. The Bertz CT molecular complexity index is 139. The minimum Gasteiger partial charge on any atom is -0.481 e. The number of hydrogen-bond donors (Lipinski definition) is 1. The molecule has 0 bridgehead atoms. The van der Waals surface area contributed by atoms with E-state index in [1.54, 1.807) is 0 Å². The van der Waals surface area contributed by atoms with Crippen molar-refractivity contribution in [3.8, 4) is 0 Å². The lowest BCUT2D eigenvalue weighted by atomic mass is 10.4. The van der Waals surface area contributed by atoms with Crippen LogP contribution in [0.5, 0.6) is 0 Å². The third-order valence-corrected chi connectivity index (χ3v) is 0.803. The fraction of sp³-hybridized carbons (Fsp3) is 0.600. The SMILES string of the molecule is C=C.CC(=O)O.CCCCOC(C)=O. The van der Waals surface area contributed by atoms with Gasteiger partial charge in [-0.05, 0) is 6.42 Å². The molecule has 0 heterocycles. The Kier molecular flexibility index (Phi) is 23.3. The molecule has 0 fully saturated rings. The molecule has 0 aromatic heterocycles. The zero-order chi connectivity index (χ0) is 12.0. The van der Waals surface area contributed by atoms with Crippen LogP contribution in [0.3, 0.4) is 0 Å². The van der Waals surface area contributed by atoms with Gasteiger partial charge in [-0.15, -0.1) is 13.2 Å². The van der Waals surface area contributed by atoms with E-state index in [4.69, 9.17) is 9.90 Å². The van der Waals surface area contributed by atoms with E-state index in [1.165, 1.54) is 6.92 Å². The largest absolute Gasteiger partial charge is 0.481 e. The second kappa shape index (κ2) is 17.7. The van der Waals surface area contributed by atoms with Crippen LogP contribution in [-0.2, 0) is 14.3 Å². The van der Waals surface area contributed by atoms with Gasteiger partial charge in [0.05, 0.1) is 6.61 Å². The minimum absolute atomic E-state index is 0.182. The first-order valence-corrected chi connectivity index (χ1v) is 4.33. The Morgan fingerprint density at radius 1 is 1.29 bits per heavy atom. The van der Waals surface area contributed by atoms with Crippen LogP contribution in [0, 0.1) is 0 Å². The molecule has 0 amide bonds. The van der Waals surface area contributed by atoms with E-state index >= 15 is 0 Å². The Labute approximate surface area is 85.6 Å². The third kappa shape index (κ3) is 73.9. The van der Waals surface area contributed by atoms with Crippen LogP contribution in [0.1, 0.15) is 33.6 Å². The number of carbonyl (C=O) groups excluding carboxylic acids is 1. The van der Waals surface area contributed by atoms with E-state index in [2.05, 4.69) is 24.8 Å². The van der Waals surface area contributed by atoms with Crippen molar-refractivity contribution in [2.24, 2.45) is 0 Å². The van der Waals surface area contributed by atoms with Crippen LogP contribution in [0.25, 0.3) is 0 Å². The van der Waals surface area contributed by atoms with Gasteiger partial charge in [-0.25, -0.2) is 0 Å². The van der Waals surface area contributed by atoms with Crippen molar-refractivity contribution in [2.75, 3.05) is 6.61 Å². The van der Waals surface area contributed by atoms with Crippen molar-refractivity contribution >= 4 is 11.9 Å². The molecule has 0 rings (SSSR count). The molecule has 0 spiro atoms. The Hall–Kier alpha value is -1.32. The standard InChI is InChI=1S/C6H12O2.C2H4O2.C2H4/c1-3-4-5-8-6(2)7;1-2(3)4;1-2/h3-5H2,1-2H3;1H3,(H,3,4);1-2H2. The number of rotatable bonds is 3. The molecule has 84 valence electrons. The van der Waals surface area contributed by atoms with E-state index in [-0.39, 0.29) is 5.97 Å². The average molecular weight is 204 g/mol. The zero-order valence-corrected chi connectivity index (χ0v) is 9.21. The lowest BCUT2D eigenvalue weighted by molar-refractivity contribution is -0.141. The summed E-state index contributed by atoms with van der Waals surface area (Å²) in [5.74, 6) is -1.02. The van der Waals surface area contributed by atoms with Gasteiger partial charge >= 0.3 is 5.97 Å². The number of carboxylic acids is 1. The van der Waals surface area contributed by atoms with Gasteiger partial charge < -0.3 is 9.84 Å². The second-order valence-corrected chi connectivity index (χ2v) is 2.21. The summed E-state index contributed by atoms with van der Waals surface area (Å²) in [6.45, 7) is 11.1. The molecule has 0 aliphatic heterocycles. The van der Waals surface area contributed by atoms with Gasteiger partial charge in [-0.2, -0.15) is 0 Å². The summed E-state index contributed by atoms with van der Waals surface area (Å²) in [5, 5.41) is 7.42. The highest BCUT2D eigenvalue weighted by Crippen LogP contribution is 1.86. The molecular formula is C10H20O4. The minimum atomic E-state index is -0.833. The van der Waals surface area contributed by atoms with E-state index in [0.29, 0.717) is 6.61 Å². The third-order valence-electron chi connectivity index (χ3n) is 0.803. The molecule has 0 atom stereocenters. The number of carbonyl (C=O) groups is 2. The maximum atomic E-state index is 10.1. The van der Waals surface area contributed by atoms with Crippen LogP contribution in [-0.4, -0.2) is 23.7 Å².